The van der Waals surface area contributed by atoms with Gasteiger partial charge in [0.1, 0.15) is 5.69 Å². The third-order valence-electron chi connectivity index (χ3n) is 2.73. The van der Waals surface area contributed by atoms with E-state index in [1.807, 2.05) is 18.2 Å². The third kappa shape index (κ3) is 2.43. The monoisotopic (exact) mass is 263 g/mol. The zero-order valence-corrected chi connectivity index (χ0v) is 10.9. The highest BCUT2D eigenvalue weighted by Crippen LogP contribution is 2.28. The van der Waals surface area contributed by atoms with E-state index in [1.54, 1.807) is 10.7 Å². The van der Waals surface area contributed by atoms with Crippen LogP contribution in [0.5, 0.6) is 0 Å². The summed E-state index contributed by atoms with van der Waals surface area (Å²) in [7, 11) is 0. The number of nitrogens with zero attached hydrogens (tertiary/aromatic N) is 3. The van der Waals surface area contributed by atoms with Crippen LogP contribution >= 0.6 is 11.6 Å². The fraction of sp³-hybridized carbons (Fsp3) is 0.308. The number of benzene rings is 1. The Kier molecular flexibility index (Phi) is 4.10. The first-order chi connectivity index (χ1) is 8.77. The van der Waals surface area contributed by atoms with Gasteiger partial charge in [-0.1, -0.05) is 48.4 Å². The second-order valence-electron chi connectivity index (χ2n) is 4.00. The standard InChI is InChI=1S/C13H14ClN3O/c1-2-3-8-17-13(12(9-18)15-16-17)10-6-4-5-7-11(10)14/h4-7,9H,2-3,8H2,1H3. The van der Waals surface area contributed by atoms with Crippen LogP contribution in [0, 0.1) is 0 Å². The van der Waals surface area contributed by atoms with Crippen molar-refractivity contribution in [3.8, 4) is 11.3 Å². The highest BCUT2D eigenvalue weighted by molar-refractivity contribution is 6.33. The minimum absolute atomic E-state index is 0.333. The van der Waals surface area contributed by atoms with Crippen LogP contribution in [0.15, 0.2) is 24.3 Å². The summed E-state index contributed by atoms with van der Waals surface area (Å²) in [6.07, 6.45) is 2.76. The van der Waals surface area contributed by atoms with E-state index >= 15 is 0 Å². The molecule has 5 heteroatoms. The topological polar surface area (TPSA) is 47.8 Å². The van der Waals surface area contributed by atoms with E-state index in [0.717, 1.165) is 24.9 Å². The number of hydrogen-bond acceptors (Lipinski definition) is 3. The van der Waals surface area contributed by atoms with Crippen molar-refractivity contribution in [2.75, 3.05) is 0 Å². The molecule has 0 saturated carbocycles. The van der Waals surface area contributed by atoms with Crippen LogP contribution in [0.2, 0.25) is 5.02 Å². The van der Waals surface area contributed by atoms with Crippen molar-refractivity contribution in [2.45, 2.75) is 26.3 Å². The summed E-state index contributed by atoms with van der Waals surface area (Å²) in [6.45, 7) is 2.84. The molecule has 0 atom stereocenters. The summed E-state index contributed by atoms with van der Waals surface area (Å²) in [5.41, 5.74) is 1.82. The second-order valence-corrected chi connectivity index (χ2v) is 4.40. The molecule has 0 amide bonds. The molecule has 94 valence electrons. The molecular formula is C13H14ClN3O. The summed E-state index contributed by atoms with van der Waals surface area (Å²) >= 11 is 6.17. The molecule has 0 N–H and O–H groups in total. The number of aryl methyl sites for hydroxylation is 1. The number of aromatic nitrogens is 3. The maximum atomic E-state index is 11.0. The first kappa shape index (κ1) is 12.8. The average Bonchev–Trinajstić information content (AvgIpc) is 2.79. The van der Waals surface area contributed by atoms with Crippen molar-refractivity contribution in [3.63, 3.8) is 0 Å². The number of hydrogen-bond donors (Lipinski definition) is 0. The van der Waals surface area contributed by atoms with Crippen LogP contribution in [0.3, 0.4) is 0 Å². The summed E-state index contributed by atoms with van der Waals surface area (Å²) < 4.78 is 1.74. The summed E-state index contributed by atoms with van der Waals surface area (Å²) in [6, 6.07) is 7.40. The van der Waals surface area contributed by atoms with Gasteiger partial charge in [0, 0.05) is 12.1 Å². The molecule has 0 spiro atoms. The molecule has 4 nitrogen and oxygen atoms in total. The zero-order chi connectivity index (χ0) is 13.0. The average molecular weight is 264 g/mol. The Labute approximate surface area is 111 Å². The molecule has 0 bridgehead atoms. The van der Waals surface area contributed by atoms with Crippen molar-refractivity contribution < 1.29 is 4.79 Å². The van der Waals surface area contributed by atoms with Gasteiger partial charge >= 0.3 is 0 Å². The first-order valence-corrected chi connectivity index (χ1v) is 6.29. The van der Waals surface area contributed by atoms with Gasteiger partial charge in [0.15, 0.2) is 12.0 Å². The Morgan fingerprint density at radius 1 is 1.39 bits per heavy atom. The molecular weight excluding hydrogens is 250 g/mol. The predicted octanol–water partition coefficient (Wildman–Crippen LogP) is 3.21. The SMILES string of the molecule is CCCCn1nnc(C=O)c1-c1ccccc1Cl. The third-order valence-corrected chi connectivity index (χ3v) is 3.05. The van der Waals surface area contributed by atoms with Gasteiger partial charge in [0.25, 0.3) is 0 Å². The zero-order valence-electron chi connectivity index (χ0n) is 10.1. The first-order valence-electron chi connectivity index (χ1n) is 5.91. The summed E-state index contributed by atoms with van der Waals surface area (Å²) in [5.74, 6) is 0. The number of halogens is 1. The van der Waals surface area contributed by atoms with Crippen molar-refractivity contribution in [1.82, 2.24) is 15.0 Å². The Morgan fingerprint density at radius 2 is 2.17 bits per heavy atom. The Bertz CT molecular complexity index is 551. The largest absolute Gasteiger partial charge is 0.296 e. The van der Waals surface area contributed by atoms with E-state index < -0.39 is 0 Å². The lowest BCUT2D eigenvalue weighted by atomic mass is 10.1. The molecule has 1 aromatic carbocycles. The number of aldehydes is 1. The molecule has 1 heterocycles. The maximum absolute atomic E-state index is 11.0. The number of unbranched alkanes of at least 4 members (excludes halogenated alkanes) is 1. The highest BCUT2D eigenvalue weighted by Gasteiger charge is 2.16. The second kappa shape index (κ2) is 5.78. The fourth-order valence-corrected chi connectivity index (χ4v) is 2.03. The lowest BCUT2D eigenvalue weighted by Crippen LogP contribution is -2.03. The molecule has 0 fully saturated rings. The summed E-state index contributed by atoms with van der Waals surface area (Å²) in [5, 5.41) is 8.51. The van der Waals surface area contributed by atoms with Gasteiger partial charge in [0.05, 0.1) is 5.02 Å². The Balaban J connectivity index is 2.50. The van der Waals surface area contributed by atoms with Crippen molar-refractivity contribution in [3.05, 3.63) is 35.0 Å². The molecule has 0 aliphatic carbocycles. The van der Waals surface area contributed by atoms with Crippen LogP contribution in [-0.4, -0.2) is 21.3 Å². The quantitative estimate of drug-likeness (QED) is 0.778. The van der Waals surface area contributed by atoms with Gasteiger partial charge in [-0.2, -0.15) is 0 Å². The molecule has 0 saturated heterocycles. The smallest absolute Gasteiger partial charge is 0.172 e. The number of carbonyl (C=O) groups excluding carboxylic acids is 1. The van der Waals surface area contributed by atoms with E-state index in [0.29, 0.717) is 22.7 Å². The molecule has 18 heavy (non-hydrogen) atoms. The van der Waals surface area contributed by atoms with E-state index in [-0.39, 0.29) is 0 Å². The van der Waals surface area contributed by atoms with Crippen LogP contribution in [0.25, 0.3) is 11.3 Å². The van der Waals surface area contributed by atoms with Crippen molar-refractivity contribution >= 4 is 17.9 Å². The van der Waals surface area contributed by atoms with Gasteiger partial charge < -0.3 is 0 Å². The minimum Gasteiger partial charge on any atom is -0.296 e. The maximum Gasteiger partial charge on any atom is 0.172 e. The molecule has 2 aromatic rings. The molecule has 0 unspecified atom stereocenters. The predicted molar refractivity (Wildman–Crippen MR) is 70.8 cm³/mol. The molecule has 0 radical (unpaired) electrons. The Hall–Kier alpha value is -1.68. The van der Waals surface area contributed by atoms with Gasteiger partial charge in [-0.15, -0.1) is 5.10 Å². The van der Waals surface area contributed by atoms with Crippen LogP contribution in [0.1, 0.15) is 30.3 Å². The van der Waals surface area contributed by atoms with Crippen LogP contribution in [-0.2, 0) is 6.54 Å². The van der Waals surface area contributed by atoms with Crippen molar-refractivity contribution in [2.24, 2.45) is 0 Å². The van der Waals surface area contributed by atoms with E-state index in [2.05, 4.69) is 17.2 Å². The molecule has 0 aliphatic rings. The minimum atomic E-state index is 0.333. The van der Waals surface area contributed by atoms with Gasteiger partial charge in [-0.3, -0.25) is 4.79 Å². The normalized spacial score (nSPS) is 10.6. The van der Waals surface area contributed by atoms with E-state index in [1.165, 1.54) is 0 Å². The lowest BCUT2D eigenvalue weighted by Gasteiger charge is -2.07. The van der Waals surface area contributed by atoms with E-state index in [4.69, 9.17) is 11.6 Å². The number of carbonyl (C=O) groups is 1. The lowest BCUT2D eigenvalue weighted by molar-refractivity contribution is 0.111. The fourth-order valence-electron chi connectivity index (χ4n) is 1.80. The molecule has 1 aromatic heterocycles. The van der Waals surface area contributed by atoms with Crippen LogP contribution in [0.4, 0.5) is 0 Å². The highest BCUT2D eigenvalue weighted by atomic mass is 35.5. The summed E-state index contributed by atoms with van der Waals surface area (Å²) in [4.78, 5) is 11.0. The Morgan fingerprint density at radius 3 is 2.83 bits per heavy atom. The van der Waals surface area contributed by atoms with Crippen molar-refractivity contribution in [1.29, 1.82) is 0 Å². The van der Waals surface area contributed by atoms with E-state index in [9.17, 15) is 4.79 Å². The number of rotatable bonds is 5. The van der Waals surface area contributed by atoms with Gasteiger partial charge in [-0.05, 0) is 12.5 Å². The van der Waals surface area contributed by atoms with Gasteiger partial charge in [-0.25, -0.2) is 4.68 Å². The van der Waals surface area contributed by atoms with Crippen LogP contribution < -0.4 is 0 Å². The molecule has 0 aliphatic heterocycles. The van der Waals surface area contributed by atoms with Gasteiger partial charge in [0.2, 0.25) is 0 Å². The molecule has 2 rings (SSSR count).